The Kier molecular flexibility index (Phi) is 9.26. The minimum Gasteiger partial charge on any atom is -0.462 e. The van der Waals surface area contributed by atoms with E-state index in [1.54, 1.807) is 12.5 Å². The highest BCUT2D eigenvalue weighted by Gasteiger charge is 2.30. The molecule has 240 valence electrons. The van der Waals surface area contributed by atoms with Crippen LogP contribution in [0.2, 0.25) is 0 Å². The van der Waals surface area contributed by atoms with Gasteiger partial charge in [-0.2, -0.15) is 9.97 Å². The number of anilines is 1. The maximum atomic E-state index is 6.38. The highest BCUT2D eigenvalue weighted by atomic mass is 16.5. The number of imidazole rings is 1. The molecule has 5 heterocycles. The molecule has 2 saturated heterocycles. The van der Waals surface area contributed by atoms with Gasteiger partial charge in [-0.05, 0) is 70.2 Å². The Labute approximate surface area is 272 Å². The Morgan fingerprint density at radius 1 is 1.07 bits per heavy atom. The number of rotatable bonds is 9. The van der Waals surface area contributed by atoms with Crippen molar-refractivity contribution < 1.29 is 4.74 Å². The number of hydrogen-bond donors (Lipinski definition) is 0. The number of hydrogen-bond acceptors (Lipinski definition) is 9. The van der Waals surface area contributed by atoms with Crippen LogP contribution < -0.4 is 9.64 Å². The molecule has 0 saturated carbocycles. The standard InChI is InChI=1S/C36H45N9O/c1-27-7-5-9-28-8-3-4-11-33(34(27)28)45-20-14-31-32(23-45)40-36(46-24-30-10-6-17-42(30)2)41-35(31)44-18-12-29(13-19-44)39-25-37-15-21-43-22-16-38-26-43/h3,5,7-9,11,16,22,26,29-30H,4,6,10,12-15,17-21,23-24H2,1-2H3. The van der Waals surface area contributed by atoms with E-state index in [0.29, 0.717) is 25.2 Å². The molecule has 10 heteroatoms. The predicted octanol–water partition coefficient (Wildman–Crippen LogP) is 5.11. The average molecular weight is 620 g/mol. The van der Waals surface area contributed by atoms with E-state index < -0.39 is 0 Å². The molecule has 1 aromatic carbocycles. The zero-order chi connectivity index (χ0) is 31.3. The molecule has 0 amide bonds. The summed E-state index contributed by atoms with van der Waals surface area (Å²) in [4.78, 5) is 30.6. The third-order valence-corrected chi connectivity index (χ3v) is 9.85. The van der Waals surface area contributed by atoms with Crippen LogP contribution in [0, 0.1) is 6.92 Å². The average Bonchev–Trinajstić information content (AvgIpc) is 3.69. The van der Waals surface area contributed by atoms with Crippen molar-refractivity contribution in [1.29, 1.82) is 0 Å². The predicted molar refractivity (Wildman–Crippen MR) is 182 cm³/mol. The van der Waals surface area contributed by atoms with Crippen molar-refractivity contribution in [2.24, 2.45) is 9.98 Å². The lowest BCUT2D eigenvalue weighted by Gasteiger charge is -2.37. The van der Waals surface area contributed by atoms with E-state index in [9.17, 15) is 0 Å². The number of likely N-dealkylation sites (tertiary alicyclic amines) is 1. The molecular weight excluding hydrogens is 574 g/mol. The molecule has 4 aliphatic rings. The highest BCUT2D eigenvalue weighted by Crippen LogP contribution is 2.36. The van der Waals surface area contributed by atoms with E-state index in [1.165, 1.54) is 34.4 Å². The van der Waals surface area contributed by atoms with Crippen molar-refractivity contribution >= 4 is 23.6 Å². The summed E-state index contributed by atoms with van der Waals surface area (Å²) in [6.07, 6.45) is 18.5. The smallest absolute Gasteiger partial charge is 0.318 e. The molecule has 2 fully saturated rings. The van der Waals surface area contributed by atoms with Gasteiger partial charge in [-0.25, -0.2) is 15.0 Å². The zero-order valence-electron chi connectivity index (χ0n) is 27.2. The summed E-state index contributed by atoms with van der Waals surface area (Å²) in [6.45, 7) is 8.89. The maximum Gasteiger partial charge on any atom is 0.318 e. The van der Waals surface area contributed by atoms with Gasteiger partial charge in [-0.15, -0.1) is 0 Å². The van der Waals surface area contributed by atoms with E-state index in [1.807, 2.05) is 10.8 Å². The number of aromatic nitrogens is 4. The Hall–Kier alpha value is -4.27. The topological polar surface area (TPSA) is 87.3 Å². The fourth-order valence-electron chi connectivity index (χ4n) is 7.19. The summed E-state index contributed by atoms with van der Waals surface area (Å²) >= 11 is 0. The number of ether oxygens (including phenoxy) is 1. The van der Waals surface area contributed by atoms with Crippen molar-refractivity contribution in [2.75, 3.05) is 51.3 Å². The Bertz CT molecular complexity index is 1630. The SMILES string of the molecule is Cc1cccc2c1C(N1CCc3c(nc(OCC4CCCN4C)nc3N3CCC(N=C=NCCn4ccnc4)CC3)C1)=CCC=C2. The fraction of sp³-hybridized carbons (Fsp3) is 0.500. The number of nitrogens with zero attached hydrogens (tertiary/aromatic N) is 9. The van der Waals surface area contributed by atoms with Gasteiger partial charge in [0.2, 0.25) is 0 Å². The van der Waals surface area contributed by atoms with Crippen LogP contribution >= 0.6 is 0 Å². The first kappa shape index (κ1) is 30.4. The number of likely N-dealkylation sites (N-methyl/N-ethyl adjacent to an activating group) is 1. The lowest BCUT2D eigenvalue weighted by atomic mass is 9.96. The first-order chi connectivity index (χ1) is 22.6. The quantitative estimate of drug-likeness (QED) is 0.308. The van der Waals surface area contributed by atoms with Crippen LogP contribution in [0.25, 0.3) is 11.8 Å². The van der Waals surface area contributed by atoms with Crippen molar-refractivity contribution in [2.45, 2.75) is 70.6 Å². The van der Waals surface area contributed by atoms with Gasteiger partial charge in [-0.1, -0.05) is 36.4 Å². The Morgan fingerprint density at radius 2 is 1.98 bits per heavy atom. The molecule has 0 N–H and O–H groups in total. The number of benzene rings is 1. The van der Waals surface area contributed by atoms with Crippen LogP contribution in [0.3, 0.4) is 0 Å². The second kappa shape index (κ2) is 14.0. The molecule has 0 bridgehead atoms. The van der Waals surface area contributed by atoms with Gasteiger partial charge in [0.25, 0.3) is 0 Å². The molecule has 46 heavy (non-hydrogen) atoms. The summed E-state index contributed by atoms with van der Waals surface area (Å²) in [6, 6.07) is 10.7. The van der Waals surface area contributed by atoms with Gasteiger partial charge in [0.15, 0.2) is 0 Å². The second-order valence-electron chi connectivity index (χ2n) is 12.9. The first-order valence-electron chi connectivity index (χ1n) is 16.9. The highest BCUT2D eigenvalue weighted by molar-refractivity contribution is 5.77. The molecule has 1 atom stereocenters. The van der Waals surface area contributed by atoms with Crippen LogP contribution in [0.15, 0.2) is 59.1 Å². The van der Waals surface area contributed by atoms with Crippen LogP contribution in [0.1, 0.15) is 60.1 Å². The molecule has 3 aliphatic heterocycles. The zero-order valence-corrected chi connectivity index (χ0v) is 27.2. The number of allylic oxidation sites excluding steroid dienone is 2. The molecule has 1 unspecified atom stereocenters. The third kappa shape index (κ3) is 6.78. The second-order valence-corrected chi connectivity index (χ2v) is 12.9. The van der Waals surface area contributed by atoms with Crippen molar-refractivity contribution in [1.82, 2.24) is 29.3 Å². The summed E-state index contributed by atoms with van der Waals surface area (Å²) < 4.78 is 8.39. The van der Waals surface area contributed by atoms with Crippen LogP contribution in [0.4, 0.5) is 5.82 Å². The lowest BCUT2D eigenvalue weighted by molar-refractivity contribution is 0.186. The molecule has 3 aromatic rings. The van der Waals surface area contributed by atoms with Gasteiger partial charge in [0.05, 0.1) is 37.2 Å². The van der Waals surface area contributed by atoms with E-state index in [4.69, 9.17) is 14.7 Å². The number of piperidine rings is 1. The summed E-state index contributed by atoms with van der Waals surface area (Å²) in [5, 5.41) is 0. The van der Waals surface area contributed by atoms with Crippen molar-refractivity contribution in [3.8, 4) is 6.01 Å². The van der Waals surface area contributed by atoms with Gasteiger partial charge in [0, 0.05) is 61.4 Å². The molecule has 0 spiro atoms. The third-order valence-electron chi connectivity index (χ3n) is 9.85. The number of fused-ring (bicyclic) bond motifs is 2. The van der Waals surface area contributed by atoms with E-state index in [2.05, 4.69) is 86.1 Å². The van der Waals surface area contributed by atoms with Crippen molar-refractivity contribution in [3.05, 3.63) is 77.0 Å². The molecule has 2 aromatic heterocycles. The fourth-order valence-corrected chi connectivity index (χ4v) is 7.19. The van der Waals surface area contributed by atoms with Crippen LogP contribution in [-0.2, 0) is 19.5 Å². The summed E-state index contributed by atoms with van der Waals surface area (Å²) in [7, 11) is 2.18. The first-order valence-corrected chi connectivity index (χ1v) is 16.9. The summed E-state index contributed by atoms with van der Waals surface area (Å²) in [5.74, 6) is 1.05. The lowest BCUT2D eigenvalue weighted by Crippen LogP contribution is -2.38. The minimum absolute atomic E-state index is 0.231. The van der Waals surface area contributed by atoms with E-state index in [0.717, 1.165) is 82.9 Å². The molecular formula is C36H45N9O. The number of aliphatic imine (C=N–C) groups is 2. The van der Waals surface area contributed by atoms with Crippen LogP contribution in [-0.4, -0.2) is 93.8 Å². The van der Waals surface area contributed by atoms with Gasteiger partial charge in [-0.3, -0.25) is 0 Å². The summed E-state index contributed by atoms with van der Waals surface area (Å²) in [5.41, 5.74) is 7.60. The molecule has 7 rings (SSSR count). The maximum absolute atomic E-state index is 6.38. The molecule has 0 radical (unpaired) electrons. The van der Waals surface area contributed by atoms with Crippen LogP contribution in [0.5, 0.6) is 6.01 Å². The monoisotopic (exact) mass is 619 g/mol. The Balaban J connectivity index is 1.09. The van der Waals surface area contributed by atoms with Gasteiger partial charge >= 0.3 is 6.01 Å². The molecule has 1 aliphatic carbocycles. The van der Waals surface area contributed by atoms with E-state index >= 15 is 0 Å². The normalized spacial score (nSPS) is 20.0. The van der Waals surface area contributed by atoms with Gasteiger partial charge in [0.1, 0.15) is 12.4 Å². The van der Waals surface area contributed by atoms with E-state index in [-0.39, 0.29) is 6.04 Å². The Morgan fingerprint density at radius 3 is 2.80 bits per heavy atom. The molecule has 10 nitrogen and oxygen atoms in total. The number of aryl methyl sites for hydroxylation is 1. The largest absolute Gasteiger partial charge is 0.462 e. The van der Waals surface area contributed by atoms with Gasteiger partial charge < -0.3 is 24.0 Å². The van der Waals surface area contributed by atoms with Crippen molar-refractivity contribution in [3.63, 3.8) is 0 Å². The minimum atomic E-state index is 0.231.